The highest BCUT2D eigenvalue weighted by Gasteiger charge is 2.26. The van der Waals surface area contributed by atoms with E-state index >= 15 is 0 Å². The van der Waals surface area contributed by atoms with Crippen molar-refractivity contribution in [3.63, 3.8) is 0 Å². The van der Waals surface area contributed by atoms with Gasteiger partial charge in [-0.1, -0.05) is 13.8 Å². The molecule has 0 aliphatic rings. The van der Waals surface area contributed by atoms with Crippen LogP contribution in [0.15, 0.2) is 0 Å². The van der Waals surface area contributed by atoms with Crippen LogP contribution < -0.4 is 0 Å². The Morgan fingerprint density at radius 1 is 1.40 bits per heavy atom. The topological polar surface area (TPSA) is 40.5 Å². The summed E-state index contributed by atoms with van der Waals surface area (Å²) in [5.74, 6) is -0.00306. The van der Waals surface area contributed by atoms with Gasteiger partial charge < -0.3 is 10.0 Å². The minimum absolute atomic E-state index is 0.200. The predicted octanol–water partition coefficient (Wildman–Crippen LogP) is 2.61. The molecule has 0 amide bonds. The van der Waals surface area contributed by atoms with Gasteiger partial charge >= 0.3 is 5.97 Å². The highest BCUT2D eigenvalue weighted by molar-refractivity contribution is 5.68. The average Bonchev–Trinajstić information content (AvgIpc) is 2.00. The van der Waals surface area contributed by atoms with Crippen molar-refractivity contribution in [3.05, 3.63) is 0 Å². The van der Waals surface area contributed by atoms with Crippen LogP contribution >= 0.6 is 0 Å². The first kappa shape index (κ1) is 14.4. The van der Waals surface area contributed by atoms with E-state index in [-0.39, 0.29) is 12.0 Å². The third-order valence-electron chi connectivity index (χ3n) is 2.89. The first-order valence-corrected chi connectivity index (χ1v) is 5.68. The van der Waals surface area contributed by atoms with Crippen LogP contribution in [0.5, 0.6) is 0 Å². The van der Waals surface area contributed by atoms with E-state index in [1.807, 2.05) is 20.9 Å². The lowest BCUT2D eigenvalue weighted by molar-refractivity contribution is -0.139. The smallest absolute Gasteiger partial charge is 0.305 e. The lowest BCUT2D eigenvalue weighted by Crippen LogP contribution is -2.43. The molecule has 0 saturated carbocycles. The van der Waals surface area contributed by atoms with Crippen molar-refractivity contribution in [1.82, 2.24) is 4.90 Å². The first-order valence-electron chi connectivity index (χ1n) is 5.68. The minimum Gasteiger partial charge on any atom is -0.481 e. The number of carboxylic acid groups (broad SMARTS) is 1. The molecular weight excluding hydrogens is 190 g/mol. The molecule has 0 rings (SSSR count). The molecule has 90 valence electrons. The normalized spacial score (nSPS) is 12.5. The van der Waals surface area contributed by atoms with E-state index in [1.165, 1.54) is 6.42 Å². The van der Waals surface area contributed by atoms with E-state index in [9.17, 15) is 4.79 Å². The molecule has 0 aliphatic heterocycles. The number of carboxylic acids is 1. The second-order valence-corrected chi connectivity index (χ2v) is 5.34. The summed E-state index contributed by atoms with van der Waals surface area (Å²) in [6.45, 7) is 9.36. The molecule has 1 N–H and O–H groups in total. The molecule has 0 aromatic heterocycles. The maximum atomic E-state index is 10.7. The van der Waals surface area contributed by atoms with Crippen LogP contribution in [0.4, 0.5) is 0 Å². The number of hydrogen-bond donors (Lipinski definition) is 1. The van der Waals surface area contributed by atoms with Crippen LogP contribution in [-0.2, 0) is 4.79 Å². The quantitative estimate of drug-likeness (QED) is 0.709. The fourth-order valence-corrected chi connectivity index (χ4v) is 1.54. The minimum atomic E-state index is -0.726. The van der Waals surface area contributed by atoms with Crippen LogP contribution in [0.2, 0.25) is 0 Å². The highest BCUT2D eigenvalue weighted by Crippen LogP contribution is 2.18. The average molecular weight is 215 g/mol. The highest BCUT2D eigenvalue weighted by atomic mass is 16.4. The monoisotopic (exact) mass is 215 g/mol. The van der Waals surface area contributed by atoms with E-state index in [0.29, 0.717) is 0 Å². The number of hydrogen-bond acceptors (Lipinski definition) is 2. The largest absolute Gasteiger partial charge is 0.481 e. The molecule has 0 unspecified atom stereocenters. The summed E-state index contributed by atoms with van der Waals surface area (Å²) in [6.07, 6.45) is 2.54. The van der Waals surface area contributed by atoms with Crippen molar-refractivity contribution in [3.8, 4) is 0 Å². The molecular formula is C12H25NO2. The molecule has 0 aromatic carbocycles. The van der Waals surface area contributed by atoms with Crippen molar-refractivity contribution in [1.29, 1.82) is 0 Å². The van der Waals surface area contributed by atoms with Crippen molar-refractivity contribution < 1.29 is 9.90 Å². The van der Waals surface area contributed by atoms with Crippen LogP contribution in [-0.4, -0.2) is 35.1 Å². The zero-order valence-corrected chi connectivity index (χ0v) is 10.7. The molecule has 0 saturated heterocycles. The van der Waals surface area contributed by atoms with E-state index in [4.69, 9.17) is 5.11 Å². The number of aliphatic carboxylic acids is 1. The Balaban J connectivity index is 3.96. The fraction of sp³-hybridized carbons (Fsp3) is 0.917. The van der Waals surface area contributed by atoms with Gasteiger partial charge in [0, 0.05) is 5.54 Å². The van der Waals surface area contributed by atoms with Crippen molar-refractivity contribution in [2.75, 3.05) is 13.6 Å². The maximum absolute atomic E-state index is 10.7. The molecule has 0 bridgehead atoms. The SMILES string of the molecule is CC(C)CCCN(C)C(C)(C)CC(=O)O. The molecule has 0 aliphatic carbocycles. The van der Waals surface area contributed by atoms with Crippen LogP contribution in [0.1, 0.15) is 47.0 Å². The maximum Gasteiger partial charge on any atom is 0.305 e. The number of carbonyl (C=O) groups is 1. The van der Waals surface area contributed by atoms with Gasteiger partial charge in [0.1, 0.15) is 0 Å². The Kier molecular flexibility index (Phi) is 5.88. The van der Waals surface area contributed by atoms with E-state index in [0.717, 1.165) is 18.9 Å². The standard InChI is InChI=1S/C12H25NO2/c1-10(2)7-6-8-13(5)12(3,4)9-11(14)15/h10H,6-9H2,1-5H3,(H,14,15). The van der Waals surface area contributed by atoms with Gasteiger partial charge in [0.25, 0.3) is 0 Å². The van der Waals surface area contributed by atoms with Crippen molar-refractivity contribution in [2.24, 2.45) is 5.92 Å². The van der Waals surface area contributed by atoms with Gasteiger partial charge in [-0.15, -0.1) is 0 Å². The van der Waals surface area contributed by atoms with Gasteiger partial charge in [-0.2, -0.15) is 0 Å². The molecule has 3 heteroatoms. The van der Waals surface area contributed by atoms with Gasteiger partial charge in [-0.25, -0.2) is 0 Å². The molecule has 3 nitrogen and oxygen atoms in total. The molecule has 0 fully saturated rings. The fourth-order valence-electron chi connectivity index (χ4n) is 1.54. The summed E-state index contributed by atoms with van der Waals surface area (Å²) in [7, 11) is 2.00. The third kappa shape index (κ3) is 6.50. The van der Waals surface area contributed by atoms with Gasteiger partial charge in [0.2, 0.25) is 0 Å². The van der Waals surface area contributed by atoms with Gasteiger partial charge in [0.05, 0.1) is 6.42 Å². The predicted molar refractivity (Wildman–Crippen MR) is 63.0 cm³/mol. The summed E-state index contributed by atoms with van der Waals surface area (Å²) in [5, 5.41) is 8.78. The zero-order chi connectivity index (χ0) is 12.1. The Bertz CT molecular complexity index is 200. The van der Waals surface area contributed by atoms with Gasteiger partial charge in [-0.3, -0.25) is 4.79 Å². The van der Waals surface area contributed by atoms with E-state index in [2.05, 4.69) is 18.7 Å². The Morgan fingerprint density at radius 2 is 1.93 bits per heavy atom. The number of rotatable bonds is 7. The Labute approximate surface area is 93.5 Å². The van der Waals surface area contributed by atoms with Gasteiger partial charge in [0.15, 0.2) is 0 Å². The van der Waals surface area contributed by atoms with Crippen LogP contribution in [0.25, 0.3) is 0 Å². The molecule has 0 spiro atoms. The van der Waals surface area contributed by atoms with E-state index < -0.39 is 5.97 Å². The second kappa shape index (κ2) is 6.11. The molecule has 0 atom stereocenters. The van der Waals surface area contributed by atoms with Crippen molar-refractivity contribution >= 4 is 5.97 Å². The summed E-state index contributed by atoms with van der Waals surface area (Å²) in [5.41, 5.74) is -0.247. The molecule has 15 heavy (non-hydrogen) atoms. The molecule has 0 radical (unpaired) electrons. The Morgan fingerprint density at radius 3 is 2.33 bits per heavy atom. The summed E-state index contributed by atoms with van der Waals surface area (Å²) < 4.78 is 0. The van der Waals surface area contributed by atoms with Crippen LogP contribution in [0, 0.1) is 5.92 Å². The summed E-state index contributed by atoms with van der Waals surface area (Å²) >= 11 is 0. The third-order valence-corrected chi connectivity index (χ3v) is 2.89. The summed E-state index contributed by atoms with van der Waals surface area (Å²) in [6, 6.07) is 0. The summed E-state index contributed by atoms with van der Waals surface area (Å²) in [4.78, 5) is 12.8. The van der Waals surface area contributed by atoms with Crippen molar-refractivity contribution in [2.45, 2.75) is 52.5 Å². The second-order valence-electron chi connectivity index (χ2n) is 5.34. The molecule has 0 heterocycles. The lowest BCUT2D eigenvalue weighted by atomic mass is 9.98. The van der Waals surface area contributed by atoms with Crippen LogP contribution in [0.3, 0.4) is 0 Å². The Hall–Kier alpha value is -0.570. The molecule has 0 aromatic rings. The first-order chi connectivity index (χ1) is 6.75. The lowest BCUT2D eigenvalue weighted by Gasteiger charge is -2.34. The van der Waals surface area contributed by atoms with Gasteiger partial charge in [-0.05, 0) is 46.2 Å². The zero-order valence-electron chi connectivity index (χ0n) is 10.7. The van der Waals surface area contributed by atoms with E-state index in [1.54, 1.807) is 0 Å². The number of nitrogens with zero attached hydrogens (tertiary/aromatic N) is 1.